The maximum atomic E-state index is 13.1. The van der Waals surface area contributed by atoms with Crippen LogP contribution in [-0.4, -0.2) is 41.8 Å². The van der Waals surface area contributed by atoms with Gasteiger partial charge < -0.3 is 15.0 Å². The van der Waals surface area contributed by atoms with E-state index in [0.717, 1.165) is 30.7 Å². The van der Waals surface area contributed by atoms with Crippen molar-refractivity contribution in [3.8, 4) is 0 Å². The van der Waals surface area contributed by atoms with Gasteiger partial charge in [-0.3, -0.25) is 4.79 Å². The minimum absolute atomic E-state index is 0.0479. The van der Waals surface area contributed by atoms with Crippen molar-refractivity contribution in [2.75, 3.05) is 13.7 Å². The molecule has 0 radical (unpaired) electrons. The van der Waals surface area contributed by atoms with E-state index in [9.17, 15) is 9.59 Å². The van der Waals surface area contributed by atoms with Crippen LogP contribution in [0.25, 0.3) is 0 Å². The van der Waals surface area contributed by atoms with Crippen molar-refractivity contribution in [1.29, 1.82) is 0 Å². The van der Waals surface area contributed by atoms with Gasteiger partial charge in [-0.05, 0) is 24.7 Å². The molecular formula is C18H28ClN3O3. The summed E-state index contributed by atoms with van der Waals surface area (Å²) >= 11 is 6.22. The first-order valence-electron chi connectivity index (χ1n) is 8.88. The van der Waals surface area contributed by atoms with Crippen molar-refractivity contribution >= 4 is 28.8 Å². The molecule has 3 atom stereocenters. The number of ether oxygens (including phenoxy) is 1. The topological polar surface area (TPSA) is 71.0 Å². The van der Waals surface area contributed by atoms with Crippen LogP contribution >= 0.6 is 11.6 Å². The Hall–Kier alpha value is -1.56. The van der Waals surface area contributed by atoms with Crippen LogP contribution in [0.2, 0.25) is 0 Å². The first kappa shape index (κ1) is 19.8. The van der Waals surface area contributed by atoms with Gasteiger partial charge in [0.15, 0.2) is 0 Å². The Morgan fingerprint density at radius 2 is 2.04 bits per heavy atom. The highest BCUT2D eigenvalue weighted by molar-refractivity contribution is 6.65. The number of halogens is 1. The lowest BCUT2D eigenvalue weighted by molar-refractivity contribution is -0.131. The number of likely N-dealkylation sites (tertiary alicyclic amines) is 1. The van der Waals surface area contributed by atoms with E-state index in [0.29, 0.717) is 17.6 Å². The zero-order valence-electron chi connectivity index (χ0n) is 15.6. The minimum atomic E-state index is -0.628. The highest BCUT2D eigenvalue weighted by atomic mass is 35.5. The summed E-state index contributed by atoms with van der Waals surface area (Å²) in [5.74, 6) is 0.474. The standard InChI is InChI=1S/C18H28ClN3O3/c1-10(2)15(21-18(24)25-5)17(23)22-8-6-7-13(22)16-12(4)11(3)9-14(19)20-16/h10-12,15H,6-9H2,1-5H3,(H,21,24)/b16-13-. The summed E-state index contributed by atoms with van der Waals surface area (Å²) in [6.07, 6.45) is 1.86. The number of carbonyl (C=O) groups excluding carboxylic acids is 2. The van der Waals surface area contributed by atoms with Crippen molar-refractivity contribution < 1.29 is 14.3 Å². The Balaban J connectivity index is 2.33. The smallest absolute Gasteiger partial charge is 0.407 e. The second-order valence-electron chi connectivity index (χ2n) is 7.24. The number of allylic oxidation sites excluding steroid dienone is 2. The van der Waals surface area contributed by atoms with E-state index in [2.05, 4.69) is 28.9 Å². The van der Waals surface area contributed by atoms with Gasteiger partial charge in [0.1, 0.15) is 11.2 Å². The van der Waals surface area contributed by atoms with Crippen LogP contribution in [0.3, 0.4) is 0 Å². The molecule has 3 unspecified atom stereocenters. The van der Waals surface area contributed by atoms with E-state index in [1.165, 1.54) is 7.11 Å². The molecule has 0 spiro atoms. The molecule has 1 N–H and O–H groups in total. The fraction of sp³-hybridized carbons (Fsp3) is 0.722. The molecule has 2 aliphatic heterocycles. The molecule has 0 aromatic carbocycles. The summed E-state index contributed by atoms with van der Waals surface area (Å²) in [6.45, 7) is 8.73. The maximum absolute atomic E-state index is 13.1. The normalized spacial score (nSPS) is 28.0. The van der Waals surface area contributed by atoms with E-state index in [4.69, 9.17) is 11.6 Å². The zero-order chi connectivity index (χ0) is 18.7. The number of hydrogen-bond acceptors (Lipinski definition) is 4. The van der Waals surface area contributed by atoms with Crippen LogP contribution in [0.4, 0.5) is 4.79 Å². The third-order valence-electron chi connectivity index (χ3n) is 5.09. The molecule has 2 rings (SSSR count). The molecule has 0 bridgehead atoms. The number of rotatable bonds is 3. The first-order valence-corrected chi connectivity index (χ1v) is 9.26. The van der Waals surface area contributed by atoms with Gasteiger partial charge in [0.05, 0.1) is 12.8 Å². The lowest BCUT2D eigenvalue weighted by atomic mass is 9.87. The number of aliphatic imine (C=N–C) groups is 1. The van der Waals surface area contributed by atoms with Crippen LogP contribution in [0.1, 0.15) is 47.0 Å². The van der Waals surface area contributed by atoms with Gasteiger partial charge in [0, 0.05) is 24.6 Å². The highest BCUT2D eigenvalue weighted by Crippen LogP contribution is 2.37. The van der Waals surface area contributed by atoms with Gasteiger partial charge in [-0.2, -0.15) is 0 Å². The Morgan fingerprint density at radius 3 is 2.64 bits per heavy atom. The summed E-state index contributed by atoms with van der Waals surface area (Å²) in [5, 5.41) is 3.26. The van der Waals surface area contributed by atoms with Crippen molar-refractivity contribution in [1.82, 2.24) is 10.2 Å². The quantitative estimate of drug-likeness (QED) is 0.827. The van der Waals surface area contributed by atoms with Gasteiger partial charge in [-0.25, -0.2) is 9.79 Å². The van der Waals surface area contributed by atoms with E-state index < -0.39 is 12.1 Å². The fourth-order valence-corrected chi connectivity index (χ4v) is 3.70. The Labute approximate surface area is 154 Å². The van der Waals surface area contributed by atoms with Crippen molar-refractivity contribution in [3.63, 3.8) is 0 Å². The molecular weight excluding hydrogens is 342 g/mol. The lowest BCUT2D eigenvalue weighted by Crippen LogP contribution is -2.50. The molecule has 2 aliphatic rings. The zero-order valence-corrected chi connectivity index (χ0v) is 16.4. The molecule has 1 saturated heterocycles. The molecule has 0 aromatic rings. The molecule has 2 amide bonds. The van der Waals surface area contributed by atoms with Crippen LogP contribution in [0.15, 0.2) is 16.4 Å². The summed E-state index contributed by atoms with van der Waals surface area (Å²) < 4.78 is 4.66. The third-order valence-corrected chi connectivity index (χ3v) is 5.33. The van der Waals surface area contributed by atoms with Crippen LogP contribution < -0.4 is 5.32 Å². The SMILES string of the molecule is COC(=O)NC(C(=O)N1CCC/C1=C1/N=C(Cl)CC(C)C1C)C(C)C. The van der Waals surface area contributed by atoms with Crippen LogP contribution in [0, 0.1) is 17.8 Å². The molecule has 1 fully saturated rings. The predicted molar refractivity (Wildman–Crippen MR) is 98.4 cm³/mol. The molecule has 6 nitrogen and oxygen atoms in total. The average Bonchev–Trinajstić information content (AvgIpc) is 3.04. The number of nitrogens with one attached hydrogen (secondary N) is 1. The first-order chi connectivity index (χ1) is 11.8. The Kier molecular flexibility index (Phi) is 6.49. The lowest BCUT2D eigenvalue weighted by Gasteiger charge is -2.31. The summed E-state index contributed by atoms with van der Waals surface area (Å²) in [4.78, 5) is 31.1. The molecule has 0 saturated carbocycles. The molecule has 0 aromatic heterocycles. The van der Waals surface area contributed by atoms with Crippen molar-refractivity contribution in [3.05, 3.63) is 11.4 Å². The van der Waals surface area contributed by atoms with Crippen LogP contribution in [0.5, 0.6) is 0 Å². The average molecular weight is 370 g/mol. The second-order valence-corrected chi connectivity index (χ2v) is 7.68. The van der Waals surface area contributed by atoms with Gasteiger partial charge in [-0.1, -0.05) is 39.3 Å². The van der Waals surface area contributed by atoms with Crippen molar-refractivity contribution in [2.45, 2.75) is 53.0 Å². The molecule has 0 aliphatic carbocycles. The van der Waals surface area contributed by atoms with E-state index >= 15 is 0 Å². The maximum Gasteiger partial charge on any atom is 0.407 e. The number of alkyl carbamates (subject to hydrolysis) is 1. The van der Waals surface area contributed by atoms with Crippen LogP contribution in [-0.2, 0) is 9.53 Å². The predicted octanol–water partition coefficient (Wildman–Crippen LogP) is 3.51. The molecule has 25 heavy (non-hydrogen) atoms. The number of carbonyl (C=O) groups is 2. The fourth-order valence-electron chi connectivity index (χ4n) is 3.37. The molecule has 140 valence electrons. The number of amides is 2. The van der Waals surface area contributed by atoms with Gasteiger partial charge >= 0.3 is 6.09 Å². The van der Waals surface area contributed by atoms with Gasteiger partial charge in [-0.15, -0.1) is 0 Å². The molecule has 2 heterocycles. The Bertz CT molecular complexity index is 600. The number of nitrogens with zero attached hydrogens (tertiary/aromatic N) is 2. The second kappa shape index (κ2) is 8.21. The van der Waals surface area contributed by atoms with E-state index in [-0.39, 0.29) is 17.7 Å². The minimum Gasteiger partial charge on any atom is -0.453 e. The van der Waals surface area contributed by atoms with Gasteiger partial charge in [0.2, 0.25) is 5.91 Å². The summed E-state index contributed by atoms with van der Waals surface area (Å²) in [7, 11) is 1.29. The highest BCUT2D eigenvalue weighted by Gasteiger charge is 2.36. The largest absolute Gasteiger partial charge is 0.453 e. The summed E-state index contributed by atoms with van der Waals surface area (Å²) in [6, 6.07) is -0.628. The number of methoxy groups -OCH3 is 1. The molecule has 7 heteroatoms. The monoisotopic (exact) mass is 369 g/mol. The number of hydrogen-bond donors (Lipinski definition) is 1. The third kappa shape index (κ3) is 4.35. The summed E-state index contributed by atoms with van der Waals surface area (Å²) in [5.41, 5.74) is 1.86. The van der Waals surface area contributed by atoms with E-state index in [1.54, 1.807) is 4.90 Å². The van der Waals surface area contributed by atoms with Gasteiger partial charge in [0.25, 0.3) is 0 Å². The van der Waals surface area contributed by atoms with Crippen molar-refractivity contribution in [2.24, 2.45) is 22.7 Å². The Morgan fingerprint density at radius 1 is 1.36 bits per heavy atom. The van der Waals surface area contributed by atoms with E-state index in [1.807, 2.05) is 13.8 Å².